The lowest BCUT2D eigenvalue weighted by atomic mass is 9.78. The van der Waals surface area contributed by atoms with Gasteiger partial charge < -0.3 is 4.74 Å². The summed E-state index contributed by atoms with van der Waals surface area (Å²) >= 11 is 0. The van der Waals surface area contributed by atoms with Crippen LogP contribution in [0.2, 0.25) is 0 Å². The van der Waals surface area contributed by atoms with E-state index in [0.717, 1.165) is 48.4 Å². The van der Waals surface area contributed by atoms with Gasteiger partial charge in [-0.1, -0.05) is 121 Å². The van der Waals surface area contributed by atoms with E-state index < -0.39 is 0 Å². The SMILES string of the molecule is CCCCCCc1cnc(-c2ccc(-c3ccc(OCCCC4CCC(CCCCC)CC4)cc3)cc2)nc1. The molecule has 3 heteroatoms. The van der Waals surface area contributed by atoms with Gasteiger partial charge in [0.1, 0.15) is 5.75 Å². The van der Waals surface area contributed by atoms with Crippen molar-refractivity contribution in [2.75, 3.05) is 6.61 Å². The van der Waals surface area contributed by atoms with Crippen LogP contribution in [0.1, 0.15) is 109 Å². The molecule has 3 aromatic rings. The molecular formula is C36H50N2O. The zero-order valence-corrected chi connectivity index (χ0v) is 24.5. The maximum Gasteiger partial charge on any atom is 0.159 e. The summed E-state index contributed by atoms with van der Waals surface area (Å²) in [5.74, 6) is 3.68. The Morgan fingerprint density at radius 2 is 1.15 bits per heavy atom. The van der Waals surface area contributed by atoms with Gasteiger partial charge in [0.25, 0.3) is 0 Å². The highest BCUT2D eigenvalue weighted by molar-refractivity contribution is 5.68. The summed E-state index contributed by atoms with van der Waals surface area (Å²) in [6.07, 6.45) is 24.0. The minimum absolute atomic E-state index is 0.794. The molecular weight excluding hydrogens is 476 g/mol. The van der Waals surface area contributed by atoms with Crippen LogP contribution in [0.3, 0.4) is 0 Å². The van der Waals surface area contributed by atoms with Crippen molar-refractivity contribution < 1.29 is 4.74 Å². The lowest BCUT2D eigenvalue weighted by Crippen LogP contribution is -2.15. The van der Waals surface area contributed by atoms with E-state index in [4.69, 9.17) is 4.74 Å². The molecule has 1 saturated carbocycles. The fourth-order valence-electron chi connectivity index (χ4n) is 6.00. The van der Waals surface area contributed by atoms with Crippen LogP contribution >= 0.6 is 0 Å². The standard InChI is InChI=1S/C36H50N2O/c1-3-5-7-9-12-31-27-37-36(38-28-31)34-20-18-32(19-21-34)33-22-24-35(25-23-33)39-26-10-13-30-16-14-29(15-17-30)11-8-6-4-2/h18-25,27-30H,3-17,26H2,1-2H3. The van der Waals surface area contributed by atoms with Crippen LogP contribution in [0.25, 0.3) is 22.5 Å². The predicted octanol–water partition coefficient (Wildman–Crippen LogP) is 10.5. The van der Waals surface area contributed by atoms with Crippen LogP contribution in [0.15, 0.2) is 60.9 Å². The van der Waals surface area contributed by atoms with Crippen molar-refractivity contribution in [3.05, 3.63) is 66.5 Å². The van der Waals surface area contributed by atoms with Crippen LogP contribution in [-0.2, 0) is 6.42 Å². The fourth-order valence-corrected chi connectivity index (χ4v) is 6.00. The number of aromatic nitrogens is 2. The Morgan fingerprint density at radius 3 is 1.77 bits per heavy atom. The molecule has 0 unspecified atom stereocenters. The predicted molar refractivity (Wildman–Crippen MR) is 165 cm³/mol. The summed E-state index contributed by atoms with van der Waals surface area (Å²) in [6.45, 7) is 5.37. The molecule has 3 nitrogen and oxygen atoms in total. The molecule has 0 saturated heterocycles. The van der Waals surface area contributed by atoms with Gasteiger partial charge in [-0.25, -0.2) is 9.97 Å². The fraction of sp³-hybridized carbons (Fsp3) is 0.556. The molecule has 1 fully saturated rings. The van der Waals surface area contributed by atoms with E-state index in [9.17, 15) is 0 Å². The summed E-state index contributed by atoms with van der Waals surface area (Å²) in [4.78, 5) is 9.23. The third-order valence-corrected chi connectivity index (χ3v) is 8.56. The first-order chi connectivity index (χ1) is 19.2. The average molecular weight is 527 g/mol. The molecule has 0 N–H and O–H groups in total. The van der Waals surface area contributed by atoms with Crippen molar-refractivity contribution >= 4 is 0 Å². The Hall–Kier alpha value is -2.68. The van der Waals surface area contributed by atoms with Gasteiger partial charge in [0.05, 0.1) is 6.61 Å². The summed E-state index contributed by atoms with van der Waals surface area (Å²) in [6, 6.07) is 17.1. The molecule has 1 aliphatic carbocycles. The van der Waals surface area contributed by atoms with Gasteiger partial charge in [-0.15, -0.1) is 0 Å². The topological polar surface area (TPSA) is 35.0 Å². The zero-order valence-electron chi connectivity index (χ0n) is 24.5. The van der Waals surface area contributed by atoms with Crippen LogP contribution in [0.4, 0.5) is 0 Å². The second-order valence-electron chi connectivity index (χ2n) is 11.7. The number of ether oxygens (including phenoxy) is 1. The van der Waals surface area contributed by atoms with E-state index >= 15 is 0 Å². The van der Waals surface area contributed by atoms with Gasteiger partial charge in [0.2, 0.25) is 0 Å². The first-order valence-electron chi connectivity index (χ1n) is 15.9. The highest BCUT2D eigenvalue weighted by atomic mass is 16.5. The molecule has 4 rings (SSSR count). The molecule has 1 aromatic heterocycles. The number of rotatable bonds is 16. The van der Waals surface area contributed by atoms with Crippen molar-refractivity contribution in [2.24, 2.45) is 11.8 Å². The third kappa shape index (κ3) is 9.78. The van der Waals surface area contributed by atoms with E-state index in [1.165, 1.54) is 100 Å². The minimum Gasteiger partial charge on any atom is -0.494 e. The van der Waals surface area contributed by atoms with E-state index in [-0.39, 0.29) is 0 Å². The largest absolute Gasteiger partial charge is 0.494 e. The Balaban J connectivity index is 1.17. The lowest BCUT2D eigenvalue weighted by molar-refractivity contribution is 0.228. The highest BCUT2D eigenvalue weighted by Crippen LogP contribution is 2.34. The van der Waals surface area contributed by atoms with Gasteiger partial charge in [-0.3, -0.25) is 0 Å². The number of hydrogen-bond donors (Lipinski definition) is 0. The number of aryl methyl sites for hydroxylation is 1. The molecule has 0 amide bonds. The maximum atomic E-state index is 6.08. The second kappa shape index (κ2) is 16.4. The Bertz CT molecular complexity index is 1050. The first kappa shape index (κ1) is 29.3. The van der Waals surface area contributed by atoms with E-state index in [0.29, 0.717) is 0 Å². The molecule has 0 bridgehead atoms. The van der Waals surface area contributed by atoms with Crippen LogP contribution in [0.5, 0.6) is 5.75 Å². The van der Waals surface area contributed by atoms with Gasteiger partial charge in [-0.05, 0) is 66.3 Å². The number of nitrogens with zero attached hydrogens (tertiary/aromatic N) is 2. The van der Waals surface area contributed by atoms with Crippen molar-refractivity contribution in [3.8, 4) is 28.3 Å². The average Bonchev–Trinajstić information content (AvgIpc) is 2.99. The van der Waals surface area contributed by atoms with E-state index in [1.807, 2.05) is 12.4 Å². The summed E-state index contributed by atoms with van der Waals surface area (Å²) in [7, 11) is 0. The molecule has 210 valence electrons. The molecule has 0 aliphatic heterocycles. The summed E-state index contributed by atoms with van der Waals surface area (Å²) < 4.78 is 6.08. The first-order valence-corrected chi connectivity index (χ1v) is 15.9. The molecule has 1 heterocycles. The maximum absolute atomic E-state index is 6.08. The molecule has 39 heavy (non-hydrogen) atoms. The van der Waals surface area contributed by atoms with Crippen molar-refractivity contribution in [1.29, 1.82) is 0 Å². The monoisotopic (exact) mass is 526 g/mol. The number of benzene rings is 2. The number of hydrogen-bond acceptors (Lipinski definition) is 3. The van der Waals surface area contributed by atoms with Crippen molar-refractivity contribution in [2.45, 2.75) is 110 Å². The summed E-state index contributed by atoms with van der Waals surface area (Å²) in [5, 5.41) is 0. The molecule has 1 aliphatic rings. The van der Waals surface area contributed by atoms with Gasteiger partial charge in [-0.2, -0.15) is 0 Å². The van der Waals surface area contributed by atoms with Gasteiger partial charge in [0, 0.05) is 18.0 Å². The van der Waals surface area contributed by atoms with Crippen LogP contribution in [0, 0.1) is 11.8 Å². The normalized spacial score (nSPS) is 17.3. The summed E-state index contributed by atoms with van der Waals surface area (Å²) in [5.41, 5.74) is 4.69. The molecule has 0 spiro atoms. The zero-order chi connectivity index (χ0) is 27.1. The quantitative estimate of drug-likeness (QED) is 0.174. The van der Waals surface area contributed by atoms with Crippen molar-refractivity contribution in [1.82, 2.24) is 9.97 Å². The van der Waals surface area contributed by atoms with Crippen molar-refractivity contribution in [3.63, 3.8) is 0 Å². The van der Waals surface area contributed by atoms with Crippen LogP contribution in [-0.4, -0.2) is 16.6 Å². The number of unbranched alkanes of at least 4 members (excludes halogenated alkanes) is 5. The smallest absolute Gasteiger partial charge is 0.159 e. The van der Waals surface area contributed by atoms with E-state index in [2.05, 4.69) is 72.3 Å². The Kier molecular flexibility index (Phi) is 12.3. The second-order valence-corrected chi connectivity index (χ2v) is 11.7. The highest BCUT2D eigenvalue weighted by Gasteiger charge is 2.20. The third-order valence-electron chi connectivity index (χ3n) is 8.56. The van der Waals surface area contributed by atoms with Gasteiger partial charge in [0.15, 0.2) is 5.82 Å². The van der Waals surface area contributed by atoms with Gasteiger partial charge >= 0.3 is 0 Å². The van der Waals surface area contributed by atoms with Crippen LogP contribution < -0.4 is 4.74 Å². The van der Waals surface area contributed by atoms with E-state index in [1.54, 1.807) is 0 Å². The Morgan fingerprint density at radius 1 is 0.615 bits per heavy atom. The lowest BCUT2D eigenvalue weighted by Gasteiger charge is -2.28. The Labute approximate surface area is 237 Å². The molecule has 0 radical (unpaired) electrons. The molecule has 0 atom stereocenters. The minimum atomic E-state index is 0.794. The molecule has 2 aromatic carbocycles.